The maximum atomic E-state index is 4.75. The third kappa shape index (κ3) is 4.63. The highest BCUT2D eigenvalue weighted by molar-refractivity contribution is 5.57. The van der Waals surface area contributed by atoms with Gasteiger partial charge in [0.2, 0.25) is 5.95 Å². The van der Waals surface area contributed by atoms with Gasteiger partial charge in [-0.25, -0.2) is 4.98 Å². The molecule has 138 valence electrons. The van der Waals surface area contributed by atoms with Crippen LogP contribution in [0.3, 0.4) is 0 Å². The zero-order valence-corrected chi connectivity index (χ0v) is 15.7. The molecule has 1 saturated heterocycles. The van der Waals surface area contributed by atoms with Crippen LogP contribution in [-0.2, 0) is 6.54 Å². The number of benzene rings is 2. The highest BCUT2D eigenvalue weighted by Crippen LogP contribution is 2.19. The Morgan fingerprint density at radius 2 is 1.52 bits per heavy atom. The summed E-state index contributed by atoms with van der Waals surface area (Å²) in [5, 5.41) is 3.38. The van der Waals surface area contributed by atoms with Crippen LogP contribution in [0.5, 0.6) is 0 Å². The second-order valence-electron chi connectivity index (χ2n) is 6.93. The molecule has 0 saturated carbocycles. The van der Waals surface area contributed by atoms with Gasteiger partial charge in [0.25, 0.3) is 0 Å². The Kier molecular flexibility index (Phi) is 5.30. The first-order chi connectivity index (χ1) is 13.3. The number of hydrogen-bond acceptors (Lipinski definition) is 5. The van der Waals surface area contributed by atoms with Crippen LogP contribution < -0.4 is 10.2 Å². The molecule has 5 nitrogen and oxygen atoms in total. The second-order valence-corrected chi connectivity index (χ2v) is 6.93. The lowest BCUT2D eigenvalue weighted by atomic mass is 10.2. The summed E-state index contributed by atoms with van der Waals surface area (Å²) in [5.74, 6) is 1.66. The molecule has 0 unspecified atom stereocenters. The summed E-state index contributed by atoms with van der Waals surface area (Å²) in [6.07, 6.45) is 0. The third-order valence-corrected chi connectivity index (χ3v) is 4.79. The maximum Gasteiger partial charge on any atom is 0.227 e. The summed E-state index contributed by atoms with van der Waals surface area (Å²) in [5.41, 5.74) is 3.38. The van der Waals surface area contributed by atoms with Crippen LogP contribution in [-0.4, -0.2) is 41.0 Å². The molecule has 0 bridgehead atoms. The third-order valence-electron chi connectivity index (χ3n) is 4.79. The molecular weight excluding hydrogens is 334 g/mol. The first-order valence-corrected chi connectivity index (χ1v) is 9.45. The smallest absolute Gasteiger partial charge is 0.227 e. The van der Waals surface area contributed by atoms with E-state index in [9.17, 15) is 0 Å². The van der Waals surface area contributed by atoms with Crippen molar-refractivity contribution in [2.24, 2.45) is 0 Å². The van der Waals surface area contributed by atoms with Gasteiger partial charge in [-0.15, -0.1) is 0 Å². The number of nitrogens with one attached hydrogen (secondary N) is 1. The van der Waals surface area contributed by atoms with Crippen LogP contribution in [0, 0.1) is 6.92 Å². The van der Waals surface area contributed by atoms with Crippen LogP contribution >= 0.6 is 0 Å². The Bertz CT molecular complexity index is 858. The summed E-state index contributed by atoms with van der Waals surface area (Å²) in [7, 11) is 0. The van der Waals surface area contributed by atoms with Gasteiger partial charge in [-0.2, -0.15) is 4.98 Å². The molecule has 1 aliphatic heterocycles. The van der Waals surface area contributed by atoms with Crippen LogP contribution in [0.25, 0.3) is 0 Å². The lowest BCUT2D eigenvalue weighted by Gasteiger charge is -2.35. The molecule has 4 rings (SSSR count). The molecule has 0 aliphatic carbocycles. The SMILES string of the molecule is Cc1cc(Nc2ccccc2)nc(N2CCN(Cc3ccccc3)CC2)n1. The predicted octanol–water partition coefficient (Wildman–Crippen LogP) is 3.85. The van der Waals surface area contributed by atoms with E-state index in [1.807, 2.05) is 43.3 Å². The van der Waals surface area contributed by atoms with Crippen molar-refractivity contribution in [3.05, 3.63) is 78.0 Å². The van der Waals surface area contributed by atoms with Crippen LogP contribution in [0.4, 0.5) is 17.5 Å². The maximum absolute atomic E-state index is 4.75. The molecule has 1 aliphatic rings. The van der Waals surface area contributed by atoms with Gasteiger partial charge in [0.15, 0.2) is 0 Å². The molecule has 27 heavy (non-hydrogen) atoms. The van der Waals surface area contributed by atoms with Gasteiger partial charge >= 0.3 is 0 Å². The number of para-hydroxylation sites is 1. The molecule has 1 aromatic heterocycles. The van der Waals surface area contributed by atoms with Crippen molar-refractivity contribution < 1.29 is 0 Å². The standard InChI is InChI=1S/C22H25N5/c1-18-16-21(24-20-10-6-3-7-11-20)25-22(23-18)27-14-12-26(13-15-27)17-19-8-4-2-5-9-19/h2-11,16H,12-15,17H2,1H3,(H,23,24,25). The Balaban J connectivity index is 1.40. The van der Waals surface area contributed by atoms with Crippen LogP contribution in [0.15, 0.2) is 66.7 Å². The zero-order chi connectivity index (χ0) is 18.5. The van der Waals surface area contributed by atoms with Gasteiger partial charge < -0.3 is 10.2 Å². The summed E-state index contributed by atoms with van der Waals surface area (Å²) < 4.78 is 0. The molecule has 0 radical (unpaired) electrons. The molecule has 0 amide bonds. The Morgan fingerprint density at radius 3 is 2.22 bits per heavy atom. The first kappa shape index (κ1) is 17.5. The average molecular weight is 359 g/mol. The topological polar surface area (TPSA) is 44.3 Å². The monoisotopic (exact) mass is 359 g/mol. The molecule has 1 fully saturated rings. The van der Waals surface area contributed by atoms with Crippen molar-refractivity contribution in [2.45, 2.75) is 13.5 Å². The number of piperazine rings is 1. The summed E-state index contributed by atoms with van der Waals surface area (Å²) >= 11 is 0. The Morgan fingerprint density at radius 1 is 0.852 bits per heavy atom. The molecule has 2 aromatic carbocycles. The minimum absolute atomic E-state index is 0.813. The number of aryl methyl sites for hydroxylation is 1. The van der Waals surface area contributed by atoms with E-state index >= 15 is 0 Å². The minimum atomic E-state index is 0.813. The number of anilines is 3. The minimum Gasteiger partial charge on any atom is -0.340 e. The Labute approximate surface area is 160 Å². The van der Waals surface area contributed by atoms with Gasteiger partial charge in [-0.05, 0) is 24.6 Å². The number of hydrogen-bond donors (Lipinski definition) is 1. The number of aromatic nitrogens is 2. The summed E-state index contributed by atoms with van der Waals surface area (Å²) in [6.45, 7) is 6.96. The van der Waals surface area contributed by atoms with Crippen molar-refractivity contribution in [1.29, 1.82) is 0 Å². The van der Waals surface area contributed by atoms with E-state index in [-0.39, 0.29) is 0 Å². The molecule has 0 spiro atoms. The van der Waals surface area contributed by atoms with E-state index < -0.39 is 0 Å². The van der Waals surface area contributed by atoms with Crippen molar-refractivity contribution in [3.63, 3.8) is 0 Å². The quantitative estimate of drug-likeness (QED) is 0.750. The van der Waals surface area contributed by atoms with E-state index in [0.29, 0.717) is 0 Å². The molecule has 1 N–H and O–H groups in total. The van der Waals surface area contributed by atoms with E-state index in [1.165, 1.54) is 5.56 Å². The van der Waals surface area contributed by atoms with Gasteiger partial charge in [0.1, 0.15) is 5.82 Å². The highest BCUT2D eigenvalue weighted by Gasteiger charge is 2.19. The van der Waals surface area contributed by atoms with E-state index in [2.05, 4.69) is 50.4 Å². The molecule has 5 heteroatoms. The highest BCUT2D eigenvalue weighted by atomic mass is 15.3. The molecule has 2 heterocycles. The Hall–Kier alpha value is -2.92. The van der Waals surface area contributed by atoms with Gasteiger partial charge in [-0.1, -0.05) is 48.5 Å². The average Bonchev–Trinajstić information content (AvgIpc) is 2.70. The number of rotatable bonds is 5. The zero-order valence-electron chi connectivity index (χ0n) is 15.7. The van der Waals surface area contributed by atoms with Crippen LogP contribution in [0.1, 0.15) is 11.3 Å². The lowest BCUT2D eigenvalue weighted by Crippen LogP contribution is -2.46. The summed E-state index contributed by atoms with van der Waals surface area (Å²) in [4.78, 5) is 14.2. The fourth-order valence-corrected chi connectivity index (χ4v) is 3.38. The fourth-order valence-electron chi connectivity index (χ4n) is 3.38. The first-order valence-electron chi connectivity index (χ1n) is 9.45. The molecule has 3 aromatic rings. The normalized spacial score (nSPS) is 14.9. The van der Waals surface area contributed by atoms with Crippen molar-refractivity contribution >= 4 is 17.5 Å². The second kappa shape index (κ2) is 8.18. The van der Waals surface area contributed by atoms with Crippen molar-refractivity contribution in [3.8, 4) is 0 Å². The lowest BCUT2D eigenvalue weighted by molar-refractivity contribution is 0.248. The number of nitrogens with zero attached hydrogens (tertiary/aromatic N) is 4. The van der Waals surface area contributed by atoms with Gasteiger partial charge in [0, 0.05) is 50.2 Å². The molecular formula is C22H25N5. The van der Waals surface area contributed by atoms with Crippen LogP contribution in [0.2, 0.25) is 0 Å². The van der Waals surface area contributed by atoms with Gasteiger partial charge in [0.05, 0.1) is 0 Å². The molecule has 0 atom stereocenters. The fraction of sp³-hybridized carbons (Fsp3) is 0.273. The van der Waals surface area contributed by atoms with E-state index in [0.717, 1.165) is 55.9 Å². The van der Waals surface area contributed by atoms with Gasteiger partial charge in [-0.3, -0.25) is 4.90 Å². The van der Waals surface area contributed by atoms with Crippen molar-refractivity contribution in [2.75, 3.05) is 36.4 Å². The van der Waals surface area contributed by atoms with E-state index in [1.54, 1.807) is 0 Å². The van der Waals surface area contributed by atoms with E-state index in [4.69, 9.17) is 4.98 Å². The largest absolute Gasteiger partial charge is 0.340 e. The summed E-state index contributed by atoms with van der Waals surface area (Å²) in [6, 6.07) is 22.8. The predicted molar refractivity (Wildman–Crippen MR) is 110 cm³/mol. The van der Waals surface area contributed by atoms with Crippen molar-refractivity contribution in [1.82, 2.24) is 14.9 Å².